The second kappa shape index (κ2) is 9.97. The third kappa shape index (κ3) is 5.74. The van der Waals surface area contributed by atoms with E-state index in [4.69, 9.17) is 14.2 Å². The van der Waals surface area contributed by atoms with Gasteiger partial charge in [-0.2, -0.15) is 0 Å². The highest BCUT2D eigenvalue weighted by atomic mass is 16.5. The van der Waals surface area contributed by atoms with Gasteiger partial charge in [-0.1, -0.05) is 24.3 Å². The van der Waals surface area contributed by atoms with Crippen molar-refractivity contribution in [2.45, 2.75) is 6.42 Å². The molecule has 6 nitrogen and oxygen atoms in total. The zero-order chi connectivity index (χ0) is 20.5. The van der Waals surface area contributed by atoms with E-state index in [9.17, 15) is 14.7 Å². The molecule has 2 aromatic rings. The minimum absolute atomic E-state index is 0.0222. The van der Waals surface area contributed by atoms with Crippen LogP contribution in [0.5, 0.6) is 23.0 Å². The van der Waals surface area contributed by atoms with E-state index in [-0.39, 0.29) is 23.7 Å². The second-order valence-corrected chi connectivity index (χ2v) is 5.82. The number of carbonyl (C=O) groups excluding carboxylic acids is 2. The molecular weight excluding hydrogens is 360 g/mol. The predicted octanol–water partition coefficient (Wildman–Crippen LogP) is 3.67. The van der Waals surface area contributed by atoms with Crippen LogP contribution in [0.4, 0.5) is 0 Å². The predicted molar refractivity (Wildman–Crippen MR) is 107 cm³/mol. The maximum Gasteiger partial charge on any atom is 0.163 e. The molecule has 0 spiro atoms. The van der Waals surface area contributed by atoms with Crippen LogP contribution in [0, 0.1) is 0 Å². The lowest BCUT2D eigenvalue weighted by molar-refractivity contribution is -0.121. The van der Waals surface area contributed by atoms with E-state index in [0.717, 1.165) is 5.56 Å². The van der Waals surface area contributed by atoms with E-state index in [1.807, 2.05) is 0 Å². The quantitative estimate of drug-likeness (QED) is 0.526. The molecule has 0 atom stereocenters. The van der Waals surface area contributed by atoms with Gasteiger partial charge in [0.05, 0.1) is 27.8 Å². The Morgan fingerprint density at radius 2 is 1.29 bits per heavy atom. The largest absolute Gasteiger partial charge is 0.504 e. The molecule has 0 bridgehead atoms. The maximum absolute atomic E-state index is 12.0. The number of carbonyl (C=O) groups is 2. The molecule has 2 aromatic carbocycles. The summed E-state index contributed by atoms with van der Waals surface area (Å²) in [5, 5.41) is 9.73. The first-order chi connectivity index (χ1) is 13.5. The Morgan fingerprint density at radius 1 is 0.786 bits per heavy atom. The van der Waals surface area contributed by atoms with E-state index in [1.54, 1.807) is 43.5 Å². The SMILES string of the molecule is COc1ccc(/C=C/C(=O)CC(=O)/C=C/c2ccc(OC)c(OC)c2)cc1O. The van der Waals surface area contributed by atoms with Crippen molar-refractivity contribution in [3.8, 4) is 23.0 Å². The van der Waals surface area contributed by atoms with Crippen molar-refractivity contribution in [1.82, 2.24) is 0 Å². The summed E-state index contributed by atoms with van der Waals surface area (Å²) in [5.41, 5.74) is 1.38. The molecule has 0 aliphatic rings. The summed E-state index contributed by atoms with van der Waals surface area (Å²) in [6.45, 7) is 0. The van der Waals surface area contributed by atoms with Gasteiger partial charge in [0.25, 0.3) is 0 Å². The number of ether oxygens (including phenoxy) is 3. The Hall–Kier alpha value is -3.54. The van der Waals surface area contributed by atoms with Gasteiger partial charge in [-0.25, -0.2) is 0 Å². The number of hydrogen-bond acceptors (Lipinski definition) is 6. The summed E-state index contributed by atoms with van der Waals surface area (Å²) in [6, 6.07) is 10.0. The molecule has 1 N–H and O–H groups in total. The minimum Gasteiger partial charge on any atom is -0.504 e. The first-order valence-electron chi connectivity index (χ1n) is 8.47. The molecule has 0 heterocycles. The average Bonchev–Trinajstić information content (AvgIpc) is 2.70. The lowest BCUT2D eigenvalue weighted by Gasteiger charge is -2.07. The van der Waals surface area contributed by atoms with Crippen molar-refractivity contribution in [3.05, 3.63) is 59.7 Å². The Kier molecular flexibility index (Phi) is 7.39. The van der Waals surface area contributed by atoms with Gasteiger partial charge in [0.2, 0.25) is 0 Å². The van der Waals surface area contributed by atoms with Crippen molar-refractivity contribution in [2.24, 2.45) is 0 Å². The van der Waals surface area contributed by atoms with Crippen LogP contribution in [0.15, 0.2) is 48.6 Å². The third-order valence-corrected chi connectivity index (χ3v) is 3.88. The molecule has 0 amide bonds. The van der Waals surface area contributed by atoms with E-state index >= 15 is 0 Å². The maximum atomic E-state index is 12.0. The highest BCUT2D eigenvalue weighted by Crippen LogP contribution is 2.28. The first kappa shape index (κ1) is 20.8. The Morgan fingerprint density at radius 3 is 1.79 bits per heavy atom. The highest BCUT2D eigenvalue weighted by Gasteiger charge is 2.06. The van der Waals surface area contributed by atoms with E-state index in [2.05, 4.69) is 0 Å². The zero-order valence-corrected chi connectivity index (χ0v) is 16.0. The Labute approximate surface area is 163 Å². The molecule has 0 saturated carbocycles. The van der Waals surface area contributed by atoms with Crippen LogP contribution in [-0.2, 0) is 9.59 Å². The number of aromatic hydroxyl groups is 1. The number of methoxy groups -OCH3 is 3. The van der Waals surface area contributed by atoms with Crippen LogP contribution < -0.4 is 14.2 Å². The van der Waals surface area contributed by atoms with Gasteiger partial charge in [0.15, 0.2) is 34.6 Å². The minimum atomic E-state index is -0.336. The number of phenolic OH excluding ortho intramolecular Hbond substituents is 1. The normalized spacial score (nSPS) is 11.0. The molecular formula is C22H22O6. The molecule has 0 aliphatic heterocycles. The summed E-state index contributed by atoms with van der Waals surface area (Å²) < 4.78 is 15.3. The van der Waals surface area contributed by atoms with Crippen LogP contribution >= 0.6 is 0 Å². The Bertz CT molecular complexity index is 911. The smallest absolute Gasteiger partial charge is 0.163 e. The summed E-state index contributed by atoms with van der Waals surface area (Å²) in [7, 11) is 4.53. The van der Waals surface area contributed by atoms with Crippen molar-refractivity contribution in [2.75, 3.05) is 21.3 Å². The number of hydrogen-bond donors (Lipinski definition) is 1. The monoisotopic (exact) mass is 382 g/mol. The number of phenols is 1. The Balaban J connectivity index is 1.96. The van der Waals surface area contributed by atoms with E-state index in [1.165, 1.54) is 38.5 Å². The summed E-state index contributed by atoms with van der Waals surface area (Å²) in [4.78, 5) is 24.0. The first-order valence-corrected chi connectivity index (χ1v) is 8.47. The molecule has 0 aliphatic carbocycles. The lowest BCUT2D eigenvalue weighted by atomic mass is 10.1. The summed E-state index contributed by atoms with van der Waals surface area (Å²) in [6.07, 6.45) is 5.56. The molecule has 0 unspecified atom stereocenters. The standard InChI is InChI=1S/C22H22O6/c1-26-20-10-6-15(12-19(20)25)4-8-17(23)14-18(24)9-5-16-7-11-21(27-2)22(13-16)28-3/h4-13,25H,14H2,1-3H3/b8-4+,9-5+. The fourth-order valence-corrected chi connectivity index (χ4v) is 2.44. The van der Waals surface area contributed by atoms with Crippen molar-refractivity contribution >= 4 is 23.7 Å². The van der Waals surface area contributed by atoms with Gasteiger partial charge in [-0.05, 0) is 47.5 Å². The van der Waals surface area contributed by atoms with Crippen LogP contribution in [0.1, 0.15) is 17.5 Å². The molecule has 2 rings (SSSR count). The molecule has 0 saturated heterocycles. The van der Waals surface area contributed by atoms with E-state index in [0.29, 0.717) is 22.8 Å². The average molecular weight is 382 g/mol. The van der Waals surface area contributed by atoms with Crippen LogP contribution in [-0.4, -0.2) is 38.0 Å². The third-order valence-electron chi connectivity index (χ3n) is 3.88. The second-order valence-electron chi connectivity index (χ2n) is 5.82. The molecule has 146 valence electrons. The summed E-state index contributed by atoms with van der Waals surface area (Å²) >= 11 is 0. The number of benzene rings is 2. The van der Waals surface area contributed by atoms with Crippen LogP contribution in [0.3, 0.4) is 0 Å². The molecule has 0 aromatic heterocycles. The van der Waals surface area contributed by atoms with Crippen molar-refractivity contribution in [1.29, 1.82) is 0 Å². The molecule has 0 radical (unpaired) electrons. The van der Waals surface area contributed by atoms with Crippen molar-refractivity contribution in [3.63, 3.8) is 0 Å². The van der Waals surface area contributed by atoms with Gasteiger partial charge in [0, 0.05) is 0 Å². The fourth-order valence-electron chi connectivity index (χ4n) is 2.44. The molecule has 6 heteroatoms. The number of rotatable bonds is 9. The van der Waals surface area contributed by atoms with Gasteiger partial charge < -0.3 is 19.3 Å². The fraction of sp³-hybridized carbons (Fsp3) is 0.182. The topological polar surface area (TPSA) is 82.1 Å². The van der Waals surface area contributed by atoms with Gasteiger partial charge in [-0.3, -0.25) is 9.59 Å². The highest BCUT2D eigenvalue weighted by molar-refractivity contribution is 6.10. The van der Waals surface area contributed by atoms with Gasteiger partial charge in [0.1, 0.15) is 0 Å². The number of allylic oxidation sites excluding steroid dienone is 2. The van der Waals surface area contributed by atoms with Crippen molar-refractivity contribution < 1.29 is 28.9 Å². The van der Waals surface area contributed by atoms with Gasteiger partial charge in [-0.15, -0.1) is 0 Å². The van der Waals surface area contributed by atoms with Crippen LogP contribution in [0.2, 0.25) is 0 Å². The van der Waals surface area contributed by atoms with Crippen LogP contribution in [0.25, 0.3) is 12.2 Å². The molecule has 28 heavy (non-hydrogen) atoms. The lowest BCUT2D eigenvalue weighted by Crippen LogP contribution is -2.01. The molecule has 0 fully saturated rings. The van der Waals surface area contributed by atoms with Gasteiger partial charge >= 0.3 is 0 Å². The zero-order valence-electron chi connectivity index (χ0n) is 16.0. The summed E-state index contributed by atoms with van der Waals surface area (Å²) in [5.74, 6) is 0.818. The number of ketones is 2. The van der Waals surface area contributed by atoms with E-state index < -0.39 is 0 Å².